The van der Waals surface area contributed by atoms with Crippen molar-refractivity contribution >= 4 is 33.2 Å². The summed E-state index contributed by atoms with van der Waals surface area (Å²) < 4.78 is 1.47. The van der Waals surface area contributed by atoms with Crippen molar-refractivity contribution in [2.45, 2.75) is 12.2 Å². The Labute approximate surface area is 86.0 Å². The van der Waals surface area contributed by atoms with E-state index in [1.807, 2.05) is 11.3 Å². The first-order valence-electron chi connectivity index (χ1n) is 4.52. The highest BCUT2D eigenvalue weighted by Gasteiger charge is 2.14. The van der Waals surface area contributed by atoms with Gasteiger partial charge in [-0.15, -0.1) is 11.3 Å². The predicted octanol–water partition coefficient (Wildman–Crippen LogP) is 3.69. The molecular weight excluding hydrogens is 196 g/mol. The summed E-state index contributed by atoms with van der Waals surface area (Å²) in [4.78, 5) is 1.61. The van der Waals surface area contributed by atoms with Crippen molar-refractivity contribution < 1.29 is 0 Å². The van der Waals surface area contributed by atoms with Gasteiger partial charge in [-0.05, 0) is 29.2 Å². The summed E-state index contributed by atoms with van der Waals surface area (Å²) in [5.74, 6) is 2.53. The van der Waals surface area contributed by atoms with Gasteiger partial charge in [0, 0.05) is 15.3 Å². The van der Waals surface area contributed by atoms with Crippen LogP contribution < -0.4 is 0 Å². The number of hydrogen-bond acceptors (Lipinski definition) is 2. The fourth-order valence-corrected chi connectivity index (χ4v) is 4.27. The third kappa shape index (κ3) is 1.20. The fourth-order valence-electron chi connectivity index (χ4n) is 1.88. The summed E-state index contributed by atoms with van der Waals surface area (Å²) in [5.41, 5.74) is 1.62. The molecular formula is C11H10S2. The van der Waals surface area contributed by atoms with Crippen LogP contribution in [0.3, 0.4) is 0 Å². The SMILES string of the molecule is c1ccc2c3c(sc2c1)CSCC3. The second-order valence-electron chi connectivity index (χ2n) is 3.30. The molecule has 1 aromatic carbocycles. The molecule has 66 valence electrons. The second-order valence-corrected chi connectivity index (χ2v) is 5.54. The van der Waals surface area contributed by atoms with E-state index in [-0.39, 0.29) is 0 Å². The Bertz CT molecular complexity index is 442. The predicted molar refractivity (Wildman–Crippen MR) is 61.7 cm³/mol. The number of thiophene rings is 1. The van der Waals surface area contributed by atoms with Crippen LogP contribution in [0.4, 0.5) is 0 Å². The van der Waals surface area contributed by atoms with Crippen LogP contribution >= 0.6 is 23.1 Å². The van der Waals surface area contributed by atoms with E-state index in [2.05, 4.69) is 36.0 Å². The summed E-state index contributed by atoms with van der Waals surface area (Å²) in [5, 5.41) is 1.50. The summed E-state index contributed by atoms with van der Waals surface area (Å²) >= 11 is 4.04. The van der Waals surface area contributed by atoms with Crippen LogP contribution in [0.25, 0.3) is 10.1 Å². The van der Waals surface area contributed by atoms with Gasteiger partial charge in [-0.3, -0.25) is 0 Å². The van der Waals surface area contributed by atoms with E-state index < -0.39 is 0 Å². The summed E-state index contributed by atoms with van der Waals surface area (Å²) in [6.07, 6.45) is 1.27. The molecule has 0 atom stereocenters. The van der Waals surface area contributed by atoms with E-state index in [0.29, 0.717) is 0 Å². The lowest BCUT2D eigenvalue weighted by Crippen LogP contribution is -1.97. The van der Waals surface area contributed by atoms with Gasteiger partial charge in [-0.2, -0.15) is 11.8 Å². The number of rotatable bonds is 0. The van der Waals surface area contributed by atoms with Crippen LogP contribution in [0.2, 0.25) is 0 Å². The van der Waals surface area contributed by atoms with Gasteiger partial charge in [0.25, 0.3) is 0 Å². The van der Waals surface area contributed by atoms with Crippen LogP contribution in [0.5, 0.6) is 0 Å². The Morgan fingerprint density at radius 3 is 3.08 bits per heavy atom. The molecule has 0 radical (unpaired) electrons. The smallest absolute Gasteiger partial charge is 0.0348 e. The Morgan fingerprint density at radius 2 is 2.08 bits per heavy atom. The fraction of sp³-hybridized carbons (Fsp3) is 0.273. The Morgan fingerprint density at radius 1 is 1.15 bits per heavy atom. The van der Waals surface area contributed by atoms with Crippen molar-refractivity contribution in [3.05, 3.63) is 34.7 Å². The second kappa shape index (κ2) is 3.03. The number of fused-ring (bicyclic) bond motifs is 3. The first-order chi connectivity index (χ1) is 6.45. The normalized spacial score (nSPS) is 16.0. The number of thioether (sulfide) groups is 1. The summed E-state index contributed by atoms with van der Waals surface area (Å²) in [6.45, 7) is 0. The van der Waals surface area contributed by atoms with Crippen molar-refractivity contribution in [2.75, 3.05) is 5.75 Å². The highest BCUT2D eigenvalue weighted by Crippen LogP contribution is 2.37. The molecule has 0 saturated heterocycles. The Balaban J connectivity index is 2.34. The molecule has 0 aliphatic carbocycles. The van der Waals surface area contributed by atoms with Gasteiger partial charge in [-0.25, -0.2) is 0 Å². The van der Waals surface area contributed by atoms with Crippen LogP contribution in [-0.4, -0.2) is 5.75 Å². The first kappa shape index (κ1) is 7.89. The molecule has 2 heteroatoms. The monoisotopic (exact) mass is 206 g/mol. The molecule has 0 bridgehead atoms. The van der Waals surface area contributed by atoms with Gasteiger partial charge in [0.2, 0.25) is 0 Å². The van der Waals surface area contributed by atoms with Crippen molar-refractivity contribution in [1.82, 2.24) is 0 Å². The number of aryl methyl sites for hydroxylation is 1. The third-order valence-electron chi connectivity index (χ3n) is 2.51. The molecule has 2 aromatic rings. The number of benzene rings is 1. The molecule has 0 nitrogen and oxygen atoms in total. The van der Waals surface area contributed by atoms with E-state index >= 15 is 0 Å². The minimum Gasteiger partial charge on any atom is -0.156 e. The molecule has 1 aromatic heterocycles. The van der Waals surface area contributed by atoms with E-state index in [1.54, 1.807) is 10.4 Å². The summed E-state index contributed by atoms with van der Waals surface area (Å²) in [7, 11) is 0. The van der Waals surface area contributed by atoms with Gasteiger partial charge < -0.3 is 0 Å². The van der Waals surface area contributed by atoms with Crippen LogP contribution in [-0.2, 0) is 12.2 Å². The van der Waals surface area contributed by atoms with Gasteiger partial charge >= 0.3 is 0 Å². The van der Waals surface area contributed by atoms with E-state index in [1.165, 1.54) is 28.0 Å². The lowest BCUT2D eigenvalue weighted by atomic mass is 10.1. The number of hydrogen-bond donors (Lipinski definition) is 0. The molecule has 0 amide bonds. The van der Waals surface area contributed by atoms with Crippen LogP contribution in [0.1, 0.15) is 10.4 Å². The highest BCUT2D eigenvalue weighted by atomic mass is 32.2. The van der Waals surface area contributed by atoms with Gasteiger partial charge in [0.05, 0.1) is 0 Å². The van der Waals surface area contributed by atoms with E-state index in [9.17, 15) is 0 Å². The van der Waals surface area contributed by atoms with Gasteiger partial charge in [-0.1, -0.05) is 18.2 Å². The molecule has 0 saturated carbocycles. The van der Waals surface area contributed by atoms with Crippen molar-refractivity contribution in [3.8, 4) is 0 Å². The molecule has 0 unspecified atom stereocenters. The highest BCUT2D eigenvalue weighted by molar-refractivity contribution is 7.98. The zero-order valence-corrected chi connectivity index (χ0v) is 8.88. The van der Waals surface area contributed by atoms with Crippen molar-refractivity contribution in [2.24, 2.45) is 0 Å². The first-order valence-corrected chi connectivity index (χ1v) is 6.49. The molecule has 0 fully saturated rings. The molecule has 0 spiro atoms. The molecule has 2 heterocycles. The maximum Gasteiger partial charge on any atom is 0.0348 e. The van der Waals surface area contributed by atoms with Gasteiger partial charge in [0.1, 0.15) is 0 Å². The van der Waals surface area contributed by atoms with Crippen LogP contribution in [0.15, 0.2) is 24.3 Å². The summed E-state index contributed by atoms with van der Waals surface area (Å²) in [6, 6.07) is 8.79. The lowest BCUT2D eigenvalue weighted by Gasteiger charge is -2.09. The van der Waals surface area contributed by atoms with E-state index in [4.69, 9.17) is 0 Å². The minimum absolute atomic E-state index is 1.23. The van der Waals surface area contributed by atoms with E-state index in [0.717, 1.165) is 0 Å². The molecule has 1 aliphatic rings. The molecule has 0 N–H and O–H groups in total. The maximum atomic E-state index is 2.26. The lowest BCUT2D eigenvalue weighted by molar-refractivity contribution is 1.13. The quantitative estimate of drug-likeness (QED) is 0.633. The molecule has 1 aliphatic heterocycles. The topological polar surface area (TPSA) is 0 Å². The largest absolute Gasteiger partial charge is 0.156 e. The van der Waals surface area contributed by atoms with Crippen molar-refractivity contribution in [3.63, 3.8) is 0 Å². The maximum absolute atomic E-state index is 2.26. The third-order valence-corrected chi connectivity index (χ3v) is 4.89. The zero-order valence-electron chi connectivity index (χ0n) is 7.25. The Hall–Kier alpha value is -0.470. The van der Waals surface area contributed by atoms with Crippen LogP contribution in [0, 0.1) is 0 Å². The standard InChI is InChI=1S/C11H10S2/c1-2-4-10-8(3-1)9-5-6-12-7-11(9)13-10/h1-4H,5-7H2. The average molecular weight is 206 g/mol. The zero-order chi connectivity index (χ0) is 8.67. The molecule has 13 heavy (non-hydrogen) atoms. The average Bonchev–Trinajstić information content (AvgIpc) is 2.56. The Kier molecular flexibility index (Phi) is 1.84. The molecule has 3 rings (SSSR count). The minimum atomic E-state index is 1.23. The van der Waals surface area contributed by atoms with Gasteiger partial charge in [0.15, 0.2) is 0 Å². The van der Waals surface area contributed by atoms with Crippen molar-refractivity contribution in [1.29, 1.82) is 0 Å².